The van der Waals surface area contributed by atoms with Crippen LogP contribution in [0.1, 0.15) is 29.8 Å². The van der Waals surface area contributed by atoms with E-state index >= 15 is 0 Å². The number of ether oxygens (including phenoxy) is 2. The molecular formula is C22H23Cl2NO4. The molecule has 5 nitrogen and oxygen atoms in total. The van der Waals surface area contributed by atoms with Crippen molar-refractivity contribution in [3.63, 3.8) is 0 Å². The van der Waals surface area contributed by atoms with Gasteiger partial charge in [-0.2, -0.15) is 0 Å². The molecule has 0 bridgehead atoms. The lowest BCUT2D eigenvalue weighted by Gasteiger charge is -2.20. The first-order valence-electron chi connectivity index (χ1n) is 9.05. The topological polar surface area (TPSA) is 55.8 Å². The summed E-state index contributed by atoms with van der Waals surface area (Å²) in [4.78, 5) is 25.9. The number of amides is 1. The summed E-state index contributed by atoms with van der Waals surface area (Å²) in [6.45, 7) is 3.96. The van der Waals surface area contributed by atoms with Crippen LogP contribution in [0.15, 0.2) is 42.5 Å². The number of halogens is 2. The van der Waals surface area contributed by atoms with Crippen molar-refractivity contribution in [3.8, 4) is 11.5 Å². The normalized spacial score (nSPS) is 11.9. The minimum Gasteiger partial charge on any atom is -0.490 e. The number of benzene rings is 2. The Morgan fingerprint density at radius 1 is 1.10 bits per heavy atom. The van der Waals surface area contributed by atoms with E-state index in [2.05, 4.69) is 0 Å². The van der Waals surface area contributed by atoms with Gasteiger partial charge >= 0.3 is 0 Å². The summed E-state index contributed by atoms with van der Waals surface area (Å²) >= 11 is 11.9. The van der Waals surface area contributed by atoms with Crippen LogP contribution in [0.5, 0.6) is 11.5 Å². The molecule has 1 unspecified atom stereocenters. The van der Waals surface area contributed by atoms with Crippen LogP contribution in [0.25, 0.3) is 6.08 Å². The van der Waals surface area contributed by atoms with Crippen molar-refractivity contribution in [2.45, 2.75) is 20.0 Å². The molecule has 0 radical (unpaired) electrons. The maximum absolute atomic E-state index is 12.4. The molecule has 0 aliphatic heterocycles. The molecule has 2 rings (SSSR count). The Morgan fingerprint density at radius 3 is 2.45 bits per heavy atom. The first-order valence-corrected chi connectivity index (χ1v) is 9.80. The predicted molar refractivity (Wildman–Crippen MR) is 116 cm³/mol. The second-order valence-corrected chi connectivity index (χ2v) is 7.30. The maximum atomic E-state index is 12.4. The summed E-state index contributed by atoms with van der Waals surface area (Å²) in [5.41, 5.74) is 1.11. The van der Waals surface area contributed by atoms with Crippen LogP contribution < -0.4 is 9.47 Å². The number of allylic oxidation sites excluding steroid dienone is 1. The molecule has 0 saturated carbocycles. The third-order valence-corrected chi connectivity index (χ3v) is 4.53. The zero-order valence-corrected chi connectivity index (χ0v) is 18.3. The Kier molecular flexibility index (Phi) is 8.11. The number of likely N-dealkylation sites (N-methyl/N-ethyl adjacent to an activating group) is 1. The first kappa shape index (κ1) is 22.8. The fraction of sp³-hybridized carbons (Fsp3) is 0.273. The van der Waals surface area contributed by atoms with Crippen LogP contribution in [-0.4, -0.2) is 43.4 Å². The van der Waals surface area contributed by atoms with E-state index in [0.717, 1.165) is 5.56 Å². The van der Waals surface area contributed by atoms with Crippen molar-refractivity contribution in [1.29, 1.82) is 0 Å². The molecular weight excluding hydrogens is 413 g/mol. The maximum Gasteiger partial charge on any atom is 0.262 e. The van der Waals surface area contributed by atoms with E-state index in [1.165, 1.54) is 17.0 Å². The monoisotopic (exact) mass is 435 g/mol. The summed E-state index contributed by atoms with van der Waals surface area (Å²) in [5.74, 6) is 0.556. The van der Waals surface area contributed by atoms with Gasteiger partial charge in [0.15, 0.2) is 23.4 Å². The smallest absolute Gasteiger partial charge is 0.262 e. The Hall–Kier alpha value is -2.50. The minimum absolute atomic E-state index is 0.151. The molecule has 0 saturated heterocycles. The number of carbonyl (C=O) groups is 2. The lowest BCUT2D eigenvalue weighted by atomic mass is 10.1. The summed E-state index contributed by atoms with van der Waals surface area (Å²) in [6.07, 6.45) is 2.44. The Bertz CT molecular complexity index is 925. The molecule has 0 fully saturated rings. The highest BCUT2D eigenvalue weighted by molar-refractivity contribution is 6.37. The molecule has 0 N–H and O–H groups in total. The zero-order chi connectivity index (χ0) is 21.6. The van der Waals surface area contributed by atoms with Gasteiger partial charge in [0.05, 0.1) is 11.6 Å². The highest BCUT2D eigenvalue weighted by atomic mass is 35.5. The van der Waals surface area contributed by atoms with Gasteiger partial charge in [-0.25, -0.2) is 0 Å². The predicted octanol–water partition coefficient (Wildman–Crippen LogP) is 5.14. The van der Waals surface area contributed by atoms with E-state index in [1.54, 1.807) is 57.4 Å². The highest BCUT2D eigenvalue weighted by Gasteiger charge is 2.18. The molecule has 0 aliphatic carbocycles. The summed E-state index contributed by atoms with van der Waals surface area (Å²) in [5, 5.41) is 0.764. The van der Waals surface area contributed by atoms with E-state index < -0.39 is 6.10 Å². The Morgan fingerprint density at radius 2 is 1.83 bits per heavy atom. The van der Waals surface area contributed by atoms with Crippen LogP contribution in [-0.2, 0) is 4.79 Å². The second-order valence-electron chi connectivity index (χ2n) is 6.45. The first-order chi connectivity index (χ1) is 13.7. The standard InChI is InChI=1S/C22H23Cl2NO4/c1-5-28-21-12-15(7-11-20(21)29-14(2)22(27)25(3)4)6-10-19(26)17-9-8-16(23)13-18(17)24/h6-14H,5H2,1-4H3/b10-6+. The minimum atomic E-state index is -0.653. The fourth-order valence-electron chi connectivity index (χ4n) is 2.55. The quantitative estimate of drug-likeness (QED) is 0.425. The van der Waals surface area contributed by atoms with E-state index in [1.807, 2.05) is 6.92 Å². The van der Waals surface area contributed by atoms with Crippen molar-refractivity contribution in [3.05, 3.63) is 63.6 Å². The average molecular weight is 436 g/mol. The molecule has 0 aromatic heterocycles. The number of rotatable bonds is 8. The highest BCUT2D eigenvalue weighted by Crippen LogP contribution is 2.30. The molecule has 1 amide bonds. The van der Waals surface area contributed by atoms with E-state index in [0.29, 0.717) is 33.7 Å². The average Bonchev–Trinajstić information content (AvgIpc) is 2.67. The van der Waals surface area contributed by atoms with E-state index in [4.69, 9.17) is 32.7 Å². The van der Waals surface area contributed by atoms with Crippen LogP contribution >= 0.6 is 23.2 Å². The van der Waals surface area contributed by atoms with Gasteiger partial charge in [-0.1, -0.05) is 35.3 Å². The third-order valence-electron chi connectivity index (χ3n) is 3.98. The number of ketones is 1. The lowest BCUT2D eigenvalue weighted by molar-refractivity contribution is -0.135. The summed E-state index contributed by atoms with van der Waals surface area (Å²) < 4.78 is 11.4. The molecule has 154 valence electrons. The third kappa shape index (κ3) is 6.24. The van der Waals surface area contributed by atoms with Gasteiger partial charge in [0.2, 0.25) is 0 Å². The molecule has 1 atom stereocenters. The van der Waals surface area contributed by atoms with E-state index in [-0.39, 0.29) is 11.7 Å². The second kappa shape index (κ2) is 10.3. The lowest BCUT2D eigenvalue weighted by Crippen LogP contribution is -2.35. The largest absolute Gasteiger partial charge is 0.490 e. The van der Waals surface area contributed by atoms with Crippen LogP contribution in [0.4, 0.5) is 0 Å². The van der Waals surface area contributed by atoms with Crippen molar-refractivity contribution < 1.29 is 19.1 Å². The fourth-order valence-corrected chi connectivity index (χ4v) is 3.05. The molecule has 29 heavy (non-hydrogen) atoms. The van der Waals surface area contributed by atoms with Crippen molar-refractivity contribution in [1.82, 2.24) is 4.90 Å². The van der Waals surface area contributed by atoms with Gasteiger partial charge in [0.1, 0.15) is 0 Å². The molecule has 7 heteroatoms. The van der Waals surface area contributed by atoms with Gasteiger partial charge in [-0.05, 0) is 55.8 Å². The SMILES string of the molecule is CCOc1cc(/C=C/C(=O)c2ccc(Cl)cc2Cl)ccc1OC(C)C(=O)N(C)C. The van der Waals surface area contributed by atoms with Gasteiger partial charge in [-0.15, -0.1) is 0 Å². The summed E-state index contributed by atoms with van der Waals surface area (Å²) in [7, 11) is 3.34. The van der Waals surface area contributed by atoms with Gasteiger partial charge in [0, 0.05) is 24.7 Å². The number of nitrogens with zero attached hydrogens (tertiary/aromatic N) is 1. The molecule has 0 spiro atoms. The number of carbonyl (C=O) groups excluding carboxylic acids is 2. The van der Waals surface area contributed by atoms with Gasteiger partial charge in [-0.3, -0.25) is 9.59 Å². The van der Waals surface area contributed by atoms with Crippen LogP contribution in [0, 0.1) is 0 Å². The zero-order valence-electron chi connectivity index (χ0n) is 16.7. The van der Waals surface area contributed by atoms with Crippen molar-refractivity contribution in [2.24, 2.45) is 0 Å². The van der Waals surface area contributed by atoms with Crippen LogP contribution in [0.3, 0.4) is 0 Å². The van der Waals surface area contributed by atoms with Crippen LogP contribution in [0.2, 0.25) is 10.0 Å². The molecule has 0 heterocycles. The van der Waals surface area contributed by atoms with Gasteiger partial charge < -0.3 is 14.4 Å². The molecule has 2 aromatic rings. The molecule has 0 aliphatic rings. The van der Waals surface area contributed by atoms with E-state index in [9.17, 15) is 9.59 Å². The van der Waals surface area contributed by atoms with Gasteiger partial charge in [0.25, 0.3) is 5.91 Å². The molecule has 2 aromatic carbocycles. The Balaban J connectivity index is 2.21. The summed E-state index contributed by atoms with van der Waals surface area (Å²) in [6, 6.07) is 9.97. The number of hydrogen-bond donors (Lipinski definition) is 0. The van der Waals surface area contributed by atoms with Crippen molar-refractivity contribution in [2.75, 3.05) is 20.7 Å². The van der Waals surface area contributed by atoms with Crippen molar-refractivity contribution >= 4 is 41.0 Å². The Labute approximate surface area is 180 Å². The number of hydrogen-bond acceptors (Lipinski definition) is 4.